The van der Waals surface area contributed by atoms with E-state index in [1.807, 2.05) is 11.0 Å². The van der Waals surface area contributed by atoms with E-state index in [4.69, 9.17) is 11.6 Å². The normalized spacial score (nSPS) is 16.1. The molecule has 1 saturated heterocycles. The molecule has 0 unspecified atom stereocenters. The fraction of sp³-hybridized carbons (Fsp3) is 0.500. The Kier molecular flexibility index (Phi) is 6.67. The highest BCUT2D eigenvalue weighted by molar-refractivity contribution is 14.1. The number of hydrogen-bond acceptors (Lipinski definition) is 3. The van der Waals surface area contributed by atoms with Crippen molar-refractivity contribution in [3.05, 3.63) is 32.4 Å². The minimum atomic E-state index is 0.0117. The lowest BCUT2D eigenvalue weighted by molar-refractivity contribution is -0.129. The van der Waals surface area contributed by atoms with Gasteiger partial charge in [-0.3, -0.25) is 14.5 Å². The molecule has 0 N–H and O–H groups in total. The Labute approximate surface area is 155 Å². The highest BCUT2D eigenvalue weighted by atomic mass is 127. The van der Waals surface area contributed by atoms with Crippen molar-refractivity contribution in [3.63, 3.8) is 0 Å². The van der Waals surface area contributed by atoms with Gasteiger partial charge in [-0.05, 0) is 47.2 Å². The van der Waals surface area contributed by atoms with E-state index >= 15 is 0 Å². The summed E-state index contributed by atoms with van der Waals surface area (Å²) in [7, 11) is 3.52. The SMILES string of the molecule is CN(C)C(=O)CN1CCCN(C(=O)c2cc(Cl)ccc2I)CC1. The van der Waals surface area contributed by atoms with Crippen LogP contribution in [0.5, 0.6) is 0 Å². The summed E-state index contributed by atoms with van der Waals surface area (Å²) in [5, 5.41) is 0.571. The number of halogens is 2. The Hall–Kier alpha value is -0.860. The van der Waals surface area contributed by atoms with Gasteiger partial charge in [0.1, 0.15) is 0 Å². The maximum atomic E-state index is 12.7. The van der Waals surface area contributed by atoms with Crippen LogP contribution in [0, 0.1) is 3.57 Å². The van der Waals surface area contributed by atoms with E-state index in [9.17, 15) is 9.59 Å². The summed E-state index contributed by atoms with van der Waals surface area (Å²) in [4.78, 5) is 30.1. The maximum Gasteiger partial charge on any atom is 0.255 e. The van der Waals surface area contributed by atoms with Crippen LogP contribution in [0.1, 0.15) is 16.8 Å². The largest absolute Gasteiger partial charge is 0.348 e. The molecule has 0 saturated carbocycles. The molecule has 0 aromatic heterocycles. The summed E-state index contributed by atoms with van der Waals surface area (Å²) in [6.07, 6.45) is 0.865. The number of rotatable bonds is 3. The highest BCUT2D eigenvalue weighted by Gasteiger charge is 2.23. The van der Waals surface area contributed by atoms with E-state index in [0.29, 0.717) is 36.8 Å². The first-order chi connectivity index (χ1) is 10.9. The second-order valence-corrected chi connectivity index (χ2v) is 7.43. The lowest BCUT2D eigenvalue weighted by Crippen LogP contribution is -2.39. The van der Waals surface area contributed by atoms with Crippen LogP contribution in [0.15, 0.2) is 18.2 Å². The van der Waals surface area contributed by atoms with E-state index in [2.05, 4.69) is 27.5 Å². The summed E-state index contributed by atoms with van der Waals surface area (Å²) < 4.78 is 0.904. The summed E-state index contributed by atoms with van der Waals surface area (Å²) in [6.45, 7) is 3.28. The minimum absolute atomic E-state index is 0.0117. The van der Waals surface area contributed by atoms with E-state index in [0.717, 1.165) is 16.5 Å². The smallest absolute Gasteiger partial charge is 0.255 e. The molecule has 126 valence electrons. The molecule has 0 bridgehead atoms. The molecule has 2 amide bonds. The van der Waals surface area contributed by atoms with Gasteiger partial charge in [0.15, 0.2) is 0 Å². The molecular formula is C16H21ClIN3O2. The Balaban J connectivity index is 2.01. The van der Waals surface area contributed by atoms with Gasteiger partial charge in [-0.1, -0.05) is 11.6 Å². The van der Waals surface area contributed by atoms with Crippen molar-refractivity contribution >= 4 is 46.0 Å². The standard InChI is InChI=1S/C16H21ClIN3O2/c1-19(2)15(22)11-20-6-3-7-21(9-8-20)16(23)13-10-12(17)4-5-14(13)18/h4-5,10H,3,6-9,11H2,1-2H3. The van der Waals surface area contributed by atoms with Gasteiger partial charge in [-0.2, -0.15) is 0 Å². The van der Waals surface area contributed by atoms with Crippen molar-refractivity contribution < 1.29 is 9.59 Å². The molecule has 1 heterocycles. The molecule has 0 spiro atoms. The number of likely N-dealkylation sites (N-methyl/N-ethyl adjacent to an activating group) is 1. The van der Waals surface area contributed by atoms with Crippen LogP contribution in [0.25, 0.3) is 0 Å². The average Bonchev–Trinajstić information content (AvgIpc) is 2.74. The van der Waals surface area contributed by atoms with Crippen LogP contribution in [0.2, 0.25) is 5.02 Å². The topological polar surface area (TPSA) is 43.9 Å². The van der Waals surface area contributed by atoms with Gasteiger partial charge >= 0.3 is 0 Å². The van der Waals surface area contributed by atoms with Crippen molar-refractivity contribution in [3.8, 4) is 0 Å². The van der Waals surface area contributed by atoms with Gasteiger partial charge < -0.3 is 9.80 Å². The van der Waals surface area contributed by atoms with E-state index < -0.39 is 0 Å². The molecule has 1 aliphatic heterocycles. The van der Waals surface area contributed by atoms with Gasteiger partial charge in [0.25, 0.3) is 5.91 Å². The molecule has 0 radical (unpaired) electrons. The fourth-order valence-electron chi connectivity index (χ4n) is 2.50. The van der Waals surface area contributed by atoms with Crippen molar-refractivity contribution in [1.82, 2.24) is 14.7 Å². The molecule has 0 atom stereocenters. The van der Waals surface area contributed by atoms with Gasteiger partial charge in [0.05, 0.1) is 12.1 Å². The Morgan fingerprint density at radius 3 is 2.65 bits per heavy atom. The third-order valence-electron chi connectivity index (χ3n) is 3.89. The minimum Gasteiger partial charge on any atom is -0.348 e. The van der Waals surface area contributed by atoms with Gasteiger partial charge in [-0.15, -0.1) is 0 Å². The predicted molar refractivity (Wildman–Crippen MR) is 99.8 cm³/mol. The first-order valence-corrected chi connectivity index (χ1v) is 9.01. The second-order valence-electron chi connectivity index (χ2n) is 5.83. The molecule has 5 nitrogen and oxygen atoms in total. The zero-order chi connectivity index (χ0) is 17.0. The Morgan fingerprint density at radius 1 is 1.22 bits per heavy atom. The van der Waals surface area contributed by atoms with Crippen LogP contribution >= 0.6 is 34.2 Å². The first kappa shape index (κ1) is 18.5. The second kappa shape index (κ2) is 8.30. The number of carbonyl (C=O) groups is 2. The molecular weight excluding hydrogens is 429 g/mol. The summed E-state index contributed by atoms with van der Waals surface area (Å²) in [6, 6.07) is 5.37. The van der Waals surface area contributed by atoms with Crippen LogP contribution in [0.4, 0.5) is 0 Å². The van der Waals surface area contributed by atoms with Crippen LogP contribution in [-0.2, 0) is 4.79 Å². The van der Waals surface area contributed by atoms with E-state index in [-0.39, 0.29) is 11.8 Å². The maximum absolute atomic E-state index is 12.7. The third kappa shape index (κ3) is 5.06. The Morgan fingerprint density at radius 2 is 1.96 bits per heavy atom. The molecule has 1 aromatic carbocycles. The van der Waals surface area contributed by atoms with Crippen molar-refractivity contribution in [2.75, 3.05) is 46.8 Å². The number of carbonyl (C=O) groups excluding carboxylic acids is 2. The highest BCUT2D eigenvalue weighted by Crippen LogP contribution is 2.20. The van der Waals surface area contributed by atoms with Crippen LogP contribution in [0.3, 0.4) is 0 Å². The Bertz CT molecular complexity index is 595. The van der Waals surface area contributed by atoms with Gasteiger partial charge in [0, 0.05) is 48.9 Å². The summed E-state index contributed by atoms with van der Waals surface area (Å²) >= 11 is 8.18. The fourth-order valence-corrected chi connectivity index (χ4v) is 3.23. The monoisotopic (exact) mass is 449 g/mol. The molecule has 1 aromatic rings. The van der Waals surface area contributed by atoms with Crippen LogP contribution < -0.4 is 0 Å². The zero-order valence-electron chi connectivity index (χ0n) is 13.4. The molecule has 1 fully saturated rings. The lowest BCUT2D eigenvalue weighted by Gasteiger charge is -2.23. The predicted octanol–water partition coefficient (Wildman–Crippen LogP) is 2.18. The summed E-state index contributed by atoms with van der Waals surface area (Å²) in [5.41, 5.74) is 0.649. The van der Waals surface area contributed by atoms with Crippen molar-refractivity contribution in [2.45, 2.75) is 6.42 Å². The number of amides is 2. The van der Waals surface area contributed by atoms with Crippen molar-refractivity contribution in [2.24, 2.45) is 0 Å². The molecule has 2 rings (SSSR count). The van der Waals surface area contributed by atoms with Crippen molar-refractivity contribution in [1.29, 1.82) is 0 Å². The molecule has 7 heteroatoms. The molecule has 23 heavy (non-hydrogen) atoms. The lowest BCUT2D eigenvalue weighted by atomic mass is 10.2. The molecule has 1 aliphatic rings. The van der Waals surface area contributed by atoms with Gasteiger partial charge in [0.2, 0.25) is 5.91 Å². The zero-order valence-corrected chi connectivity index (χ0v) is 16.3. The molecule has 0 aliphatic carbocycles. The van der Waals surface area contributed by atoms with Crippen LogP contribution in [-0.4, -0.2) is 73.3 Å². The van der Waals surface area contributed by atoms with E-state index in [1.54, 1.807) is 31.1 Å². The third-order valence-corrected chi connectivity index (χ3v) is 5.07. The number of benzene rings is 1. The quantitative estimate of drug-likeness (QED) is 0.665. The number of nitrogens with zero attached hydrogens (tertiary/aromatic N) is 3. The number of hydrogen-bond donors (Lipinski definition) is 0. The van der Waals surface area contributed by atoms with E-state index in [1.165, 1.54) is 0 Å². The summed E-state index contributed by atoms with van der Waals surface area (Å²) in [5.74, 6) is 0.104. The van der Waals surface area contributed by atoms with Gasteiger partial charge in [-0.25, -0.2) is 0 Å². The first-order valence-electron chi connectivity index (χ1n) is 7.55. The average molecular weight is 450 g/mol.